The van der Waals surface area contributed by atoms with Crippen molar-refractivity contribution in [2.24, 2.45) is 0 Å². The number of fused-ring (bicyclic) bond motifs is 1. The first-order valence-corrected chi connectivity index (χ1v) is 8.93. The van der Waals surface area contributed by atoms with E-state index in [1.807, 2.05) is 19.9 Å². The molecule has 6 heteroatoms. The van der Waals surface area contributed by atoms with Crippen molar-refractivity contribution >= 4 is 23.5 Å². The van der Waals surface area contributed by atoms with Gasteiger partial charge in [-0.15, -0.1) is 0 Å². The van der Waals surface area contributed by atoms with Gasteiger partial charge in [-0.3, -0.25) is 19.3 Å². The molecule has 0 fully saturated rings. The van der Waals surface area contributed by atoms with Crippen LogP contribution >= 0.6 is 0 Å². The largest absolute Gasteiger partial charge is 0.481 e. The van der Waals surface area contributed by atoms with Gasteiger partial charge in [0.2, 0.25) is 0 Å². The summed E-state index contributed by atoms with van der Waals surface area (Å²) in [6.07, 6.45) is 4.27. The summed E-state index contributed by atoms with van der Waals surface area (Å²) in [5, 5.41) is 11.8. The molecule has 6 nitrogen and oxygen atoms in total. The number of carboxylic acid groups (broad SMARTS) is 1. The summed E-state index contributed by atoms with van der Waals surface area (Å²) in [4.78, 5) is 36.9. The number of amides is 2. The third-order valence-electron chi connectivity index (χ3n) is 4.46. The van der Waals surface area contributed by atoms with Crippen LogP contribution in [0.1, 0.15) is 73.1 Å². The molecule has 1 unspecified atom stereocenters. The molecule has 2 rings (SSSR count). The number of nitrogens with one attached hydrogen (secondary N) is 1. The molecule has 2 amide bonds. The maximum atomic E-state index is 12.6. The number of anilines is 1. The van der Waals surface area contributed by atoms with Crippen molar-refractivity contribution in [3.8, 4) is 0 Å². The molecule has 1 aliphatic rings. The Kier molecular flexibility index (Phi) is 6.56. The maximum absolute atomic E-state index is 12.6. The summed E-state index contributed by atoms with van der Waals surface area (Å²) in [6, 6.07) is 5.17. The Morgan fingerprint density at radius 2 is 1.88 bits per heavy atom. The van der Waals surface area contributed by atoms with Crippen molar-refractivity contribution in [3.05, 3.63) is 29.3 Å². The number of hydrogen-bond acceptors (Lipinski definition) is 4. The molecule has 136 valence electrons. The van der Waals surface area contributed by atoms with Gasteiger partial charge in [-0.05, 0) is 44.4 Å². The zero-order valence-corrected chi connectivity index (χ0v) is 14.9. The van der Waals surface area contributed by atoms with Gasteiger partial charge in [0.05, 0.1) is 11.1 Å². The number of carboxylic acids is 1. The first-order valence-electron chi connectivity index (χ1n) is 8.93. The Morgan fingerprint density at radius 1 is 1.16 bits per heavy atom. The minimum Gasteiger partial charge on any atom is -0.481 e. The third-order valence-corrected chi connectivity index (χ3v) is 4.46. The molecule has 0 aliphatic carbocycles. The van der Waals surface area contributed by atoms with Gasteiger partial charge in [0.1, 0.15) is 0 Å². The van der Waals surface area contributed by atoms with Crippen molar-refractivity contribution in [2.75, 3.05) is 11.9 Å². The second-order valence-electron chi connectivity index (χ2n) is 6.51. The van der Waals surface area contributed by atoms with Crippen LogP contribution in [-0.4, -0.2) is 40.4 Å². The summed E-state index contributed by atoms with van der Waals surface area (Å²) in [6.45, 7) is 4.64. The Bertz CT molecular complexity index is 657. The highest BCUT2D eigenvalue weighted by Gasteiger charge is 2.38. The van der Waals surface area contributed by atoms with Crippen LogP contribution in [0.4, 0.5) is 5.69 Å². The number of nitrogens with zero attached hydrogens (tertiary/aromatic N) is 1. The fourth-order valence-electron chi connectivity index (χ4n) is 3.13. The second-order valence-corrected chi connectivity index (χ2v) is 6.51. The van der Waals surface area contributed by atoms with Gasteiger partial charge < -0.3 is 10.4 Å². The highest BCUT2D eigenvalue weighted by Crippen LogP contribution is 2.28. The summed E-state index contributed by atoms with van der Waals surface area (Å²) in [5.41, 5.74) is 1.74. The Labute approximate surface area is 148 Å². The number of benzene rings is 1. The monoisotopic (exact) mass is 346 g/mol. The van der Waals surface area contributed by atoms with Crippen molar-refractivity contribution in [2.45, 2.75) is 58.4 Å². The van der Waals surface area contributed by atoms with Gasteiger partial charge >= 0.3 is 5.97 Å². The molecule has 1 heterocycles. The molecule has 1 atom stereocenters. The van der Waals surface area contributed by atoms with Crippen molar-refractivity contribution in [1.29, 1.82) is 0 Å². The summed E-state index contributed by atoms with van der Waals surface area (Å²) in [5.74, 6) is -1.19. The van der Waals surface area contributed by atoms with Crippen molar-refractivity contribution < 1.29 is 19.5 Å². The minimum absolute atomic E-state index is 0.0944. The number of aliphatic carboxylic acids is 1. The first kappa shape index (κ1) is 19.0. The molecule has 2 N–H and O–H groups in total. The predicted octanol–water partition coefficient (Wildman–Crippen LogP) is 3.53. The van der Waals surface area contributed by atoms with E-state index in [0.717, 1.165) is 31.4 Å². The second kappa shape index (κ2) is 8.65. The fourth-order valence-corrected chi connectivity index (χ4v) is 3.13. The van der Waals surface area contributed by atoms with E-state index in [2.05, 4.69) is 5.32 Å². The van der Waals surface area contributed by atoms with Crippen LogP contribution in [0, 0.1) is 0 Å². The zero-order valence-electron chi connectivity index (χ0n) is 14.9. The van der Waals surface area contributed by atoms with E-state index in [4.69, 9.17) is 5.11 Å². The molecule has 0 radical (unpaired) electrons. The van der Waals surface area contributed by atoms with Crippen LogP contribution in [0.5, 0.6) is 0 Å². The predicted molar refractivity (Wildman–Crippen MR) is 95.9 cm³/mol. The quantitative estimate of drug-likeness (QED) is 0.500. The fraction of sp³-hybridized carbons (Fsp3) is 0.526. The van der Waals surface area contributed by atoms with Gasteiger partial charge in [0.25, 0.3) is 11.8 Å². The van der Waals surface area contributed by atoms with E-state index < -0.39 is 5.97 Å². The zero-order chi connectivity index (χ0) is 18.4. The maximum Gasteiger partial charge on any atom is 0.303 e. The SMILES string of the molecule is CCCC(C)N1C(=O)c2ccc(NCCCCCC(=O)O)cc2C1=O. The van der Waals surface area contributed by atoms with Crippen molar-refractivity contribution in [3.63, 3.8) is 0 Å². The van der Waals surface area contributed by atoms with E-state index in [9.17, 15) is 14.4 Å². The number of unbranched alkanes of at least 4 members (excludes halogenated alkanes) is 2. The minimum atomic E-state index is -0.767. The Hall–Kier alpha value is -2.37. The normalized spacial score (nSPS) is 14.6. The molecule has 0 bridgehead atoms. The number of rotatable bonds is 10. The molecule has 1 aliphatic heterocycles. The van der Waals surface area contributed by atoms with Crippen molar-refractivity contribution in [1.82, 2.24) is 4.90 Å². The van der Waals surface area contributed by atoms with Crippen LogP contribution in [0.2, 0.25) is 0 Å². The van der Waals surface area contributed by atoms with E-state index in [1.165, 1.54) is 4.90 Å². The molecular formula is C19H26N2O4. The van der Waals surface area contributed by atoms with E-state index in [0.29, 0.717) is 24.1 Å². The van der Waals surface area contributed by atoms with Gasteiger partial charge in [0.15, 0.2) is 0 Å². The molecule has 1 aromatic carbocycles. The van der Waals surface area contributed by atoms with E-state index in [1.54, 1.807) is 12.1 Å². The van der Waals surface area contributed by atoms with Gasteiger partial charge in [-0.25, -0.2) is 0 Å². The van der Waals surface area contributed by atoms with E-state index in [-0.39, 0.29) is 24.3 Å². The van der Waals surface area contributed by atoms with Gasteiger partial charge in [-0.1, -0.05) is 19.8 Å². The lowest BCUT2D eigenvalue weighted by molar-refractivity contribution is -0.137. The van der Waals surface area contributed by atoms with Crippen LogP contribution in [0.3, 0.4) is 0 Å². The Morgan fingerprint density at radius 3 is 2.56 bits per heavy atom. The standard InChI is InChI=1S/C19H26N2O4/c1-3-7-13(2)21-18(24)15-10-9-14(12-16(15)19(21)25)20-11-6-4-5-8-17(22)23/h9-10,12-13,20H,3-8,11H2,1-2H3,(H,22,23). The third kappa shape index (κ3) is 4.59. The highest BCUT2D eigenvalue weighted by atomic mass is 16.4. The smallest absolute Gasteiger partial charge is 0.303 e. The lowest BCUT2D eigenvalue weighted by atomic mass is 10.1. The average molecular weight is 346 g/mol. The average Bonchev–Trinajstić information content (AvgIpc) is 2.81. The molecule has 0 spiro atoms. The number of carbonyl (C=O) groups is 3. The van der Waals surface area contributed by atoms with Gasteiger partial charge in [0, 0.05) is 24.7 Å². The van der Waals surface area contributed by atoms with Crippen LogP contribution in [0.25, 0.3) is 0 Å². The first-order chi connectivity index (χ1) is 12.0. The molecule has 0 saturated carbocycles. The topological polar surface area (TPSA) is 86.7 Å². The number of carbonyl (C=O) groups excluding carboxylic acids is 2. The summed E-state index contributed by atoms with van der Waals surface area (Å²) >= 11 is 0. The summed E-state index contributed by atoms with van der Waals surface area (Å²) < 4.78 is 0. The highest BCUT2D eigenvalue weighted by molar-refractivity contribution is 6.21. The number of hydrogen-bond donors (Lipinski definition) is 2. The molecule has 0 saturated heterocycles. The molecular weight excluding hydrogens is 320 g/mol. The molecule has 25 heavy (non-hydrogen) atoms. The van der Waals surface area contributed by atoms with Gasteiger partial charge in [-0.2, -0.15) is 0 Å². The Balaban J connectivity index is 1.94. The summed E-state index contributed by atoms with van der Waals surface area (Å²) in [7, 11) is 0. The lowest BCUT2D eigenvalue weighted by Crippen LogP contribution is -2.37. The molecule has 1 aromatic rings. The lowest BCUT2D eigenvalue weighted by Gasteiger charge is -2.21. The van der Waals surface area contributed by atoms with E-state index >= 15 is 0 Å². The van der Waals surface area contributed by atoms with Crippen LogP contribution < -0.4 is 5.32 Å². The molecule has 0 aromatic heterocycles. The van der Waals surface area contributed by atoms with Crippen LogP contribution in [-0.2, 0) is 4.79 Å². The van der Waals surface area contributed by atoms with Crippen LogP contribution in [0.15, 0.2) is 18.2 Å². The number of imide groups is 1.